The Labute approximate surface area is 139 Å². The average molecular weight is 319 g/mol. The molecular weight excluding hydrogens is 290 g/mol. The zero-order chi connectivity index (χ0) is 16.3. The number of guanidine groups is 1. The molecule has 0 saturated heterocycles. The van der Waals surface area contributed by atoms with E-state index in [2.05, 4.69) is 27.8 Å². The first-order chi connectivity index (χ1) is 11.3. The predicted octanol–water partition coefficient (Wildman–Crippen LogP) is 2.22. The van der Waals surface area contributed by atoms with Gasteiger partial charge in [0.1, 0.15) is 5.75 Å². The predicted molar refractivity (Wildman–Crippen MR) is 94.2 cm³/mol. The smallest absolute Gasteiger partial charge is 0.190 e. The van der Waals surface area contributed by atoms with Crippen LogP contribution in [0.4, 0.5) is 0 Å². The largest absolute Gasteiger partial charge is 0.497 e. The molecule has 0 heterocycles. The highest BCUT2D eigenvalue weighted by molar-refractivity contribution is 5.79. The van der Waals surface area contributed by atoms with Gasteiger partial charge in [0.25, 0.3) is 0 Å². The van der Waals surface area contributed by atoms with Gasteiger partial charge in [-0.3, -0.25) is 4.99 Å². The molecule has 0 aliphatic heterocycles. The summed E-state index contributed by atoms with van der Waals surface area (Å²) in [4.78, 5) is 4.24. The molecule has 1 fully saturated rings. The Kier molecular flexibility index (Phi) is 7.73. The van der Waals surface area contributed by atoms with Gasteiger partial charge >= 0.3 is 0 Å². The topological polar surface area (TPSA) is 54.9 Å². The maximum Gasteiger partial charge on any atom is 0.190 e. The molecule has 0 amide bonds. The van der Waals surface area contributed by atoms with Crippen LogP contribution in [0.25, 0.3) is 0 Å². The van der Waals surface area contributed by atoms with E-state index in [1.54, 1.807) is 14.2 Å². The fourth-order valence-electron chi connectivity index (χ4n) is 2.29. The monoisotopic (exact) mass is 319 g/mol. The second-order valence-electron chi connectivity index (χ2n) is 5.90. The first-order valence-corrected chi connectivity index (χ1v) is 8.47. The zero-order valence-electron chi connectivity index (χ0n) is 14.3. The number of nitrogens with one attached hydrogen (secondary N) is 2. The minimum atomic E-state index is 0.824. The van der Waals surface area contributed by atoms with Crippen LogP contribution in [0, 0.1) is 5.92 Å². The molecular formula is C18H29N3O2. The number of rotatable bonds is 10. The summed E-state index contributed by atoms with van der Waals surface area (Å²) in [5.74, 6) is 2.58. The van der Waals surface area contributed by atoms with Crippen molar-refractivity contribution in [3.05, 3.63) is 29.8 Å². The molecule has 0 spiro atoms. The van der Waals surface area contributed by atoms with Crippen molar-refractivity contribution in [1.82, 2.24) is 10.6 Å². The van der Waals surface area contributed by atoms with E-state index < -0.39 is 0 Å². The number of hydrogen-bond donors (Lipinski definition) is 2. The molecule has 2 rings (SSSR count). The van der Waals surface area contributed by atoms with E-state index in [4.69, 9.17) is 9.47 Å². The van der Waals surface area contributed by atoms with E-state index >= 15 is 0 Å². The highest BCUT2D eigenvalue weighted by atomic mass is 16.5. The van der Waals surface area contributed by atoms with Crippen molar-refractivity contribution in [1.29, 1.82) is 0 Å². The summed E-state index contributed by atoms with van der Waals surface area (Å²) in [5.41, 5.74) is 1.25. The lowest BCUT2D eigenvalue weighted by molar-refractivity contribution is 0.123. The molecule has 23 heavy (non-hydrogen) atoms. The van der Waals surface area contributed by atoms with Crippen molar-refractivity contribution in [2.45, 2.75) is 25.7 Å². The SMILES string of the molecule is CN=C(NCCCOCC1CC1)NCCc1cccc(OC)c1. The number of benzene rings is 1. The molecule has 1 aliphatic rings. The van der Waals surface area contributed by atoms with Crippen LogP contribution in [-0.2, 0) is 11.2 Å². The number of nitrogens with zero attached hydrogens (tertiary/aromatic N) is 1. The highest BCUT2D eigenvalue weighted by Crippen LogP contribution is 2.28. The molecule has 1 aliphatic carbocycles. The fourth-order valence-corrected chi connectivity index (χ4v) is 2.29. The van der Waals surface area contributed by atoms with E-state index in [9.17, 15) is 0 Å². The minimum absolute atomic E-state index is 0.824. The molecule has 5 nitrogen and oxygen atoms in total. The van der Waals surface area contributed by atoms with Crippen LogP contribution < -0.4 is 15.4 Å². The standard InChI is InChI=1S/C18H29N3O2/c1-19-18(20-10-4-12-23-14-16-7-8-16)21-11-9-15-5-3-6-17(13-15)22-2/h3,5-6,13,16H,4,7-12,14H2,1-2H3,(H2,19,20,21). The third-order valence-electron chi connectivity index (χ3n) is 3.87. The third kappa shape index (κ3) is 7.37. The van der Waals surface area contributed by atoms with E-state index in [1.807, 2.05) is 12.1 Å². The third-order valence-corrected chi connectivity index (χ3v) is 3.87. The van der Waals surface area contributed by atoms with Gasteiger partial charge in [0.2, 0.25) is 0 Å². The molecule has 1 aromatic carbocycles. The Hall–Kier alpha value is -1.75. The van der Waals surface area contributed by atoms with Crippen molar-refractivity contribution < 1.29 is 9.47 Å². The molecule has 2 N–H and O–H groups in total. The summed E-state index contributed by atoms with van der Waals surface area (Å²) in [6.45, 7) is 3.48. The second-order valence-corrected chi connectivity index (χ2v) is 5.90. The Balaban J connectivity index is 1.54. The van der Waals surface area contributed by atoms with Gasteiger partial charge in [-0.05, 0) is 49.3 Å². The van der Waals surface area contributed by atoms with E-state index in [-0.39, 0.29) is 0 Å². The van der Waals surface area contributed by atoms with Crippen LogP contribution in [-0.4, -0.2) is 46.4 Å². The summed E-state index contributed by atoms with van der Waals surface area (Å²) >= 11 is 0. The molecule has 1 saturated carbocycles. The van der Waals surface area contributed by atoms with Crippen LogP contribution in [0.3, 0.4) is 0 Å². The lowest BCUT2D eigenvalue weighted by Crippen LogP contribution is -2.39. The van der Waals surface area contributed by atoms with Crippen molar-refractivity contribution in [2.75, 3.05) is 40.5 Å². The molecule has 0 bridgehead atoms. The van der Waals surface area contributed by atoms with Gasteiger partial charge in [-0.25, -0.2) is 0 Å². The molecule has 5 heteroatoms. The first kappa shape index (κ1) is 17.6. The number of hydrogen-bond acceptors (Lipinski definition) is 3. The van der Waals surface area contributed by atoms with Crippen molar-refractivity contribution >= 4 is 5.96 Å². The molecule has 0 aromatic heterocycles. The van der Waals surface area contributed by atoms with E-state index in [0.717, 1.165) is 56.8 Å². The number of methoxy groups -OCH3 is 1. The lowest BCUT2D eigenvalue weighted by Gasteiger charge is -2.12. The van der Waals surface area contributed by atoms with Gasteiger partial charge in [-0.2, -0.15) is 0 Å². The average Bonchev–Trinajstić information content (AvgIpc) is 3.40. The summed E-state index contributed by atoms with van der Waals surface area (Å²) < 4.78 is 10.9. The van der Waals surface area contributed by atoms with Crippen molar-refractivity contribution in [3.63, 3.8) is 0 Å². The van der Waals surface area contributed by atoms with Gasteiger partial charge in [0.15, 0.2) is 5.96 Å². The summed E-state index contributed by atoms with van der Waals surface area (Å²) in [7, 11) is 3.49. The van der Waals surface area contributed by atoms with Crippen molar-refractivity contribution in [3.8, 4) is 5.75 Å². The maximum atomic E-state index is 5.62. The van der Waals surface area contributed by atoms with Gasteiger partial charge in [0.05, 0.1) is 7.11 Å². The summed E-state index contributed by atoms with van der Waals surface area (Å²) in [5, 5.41) is 6.65. The number of aliphatic imine (C=N–C) groups is 1. The van der Waals surface area contributed by atoms with Crippen LogP contribution in [0.2, 0.25) is 0 Å². The quantitative estimate of drug-likeness (QED) is 0.394. The van der Waals surface area contributed by atoms with Gasteiger partial charge in [-0.1, -0.05) is 12.1 Å². The Morgan fingerprint density at radius 3 is 2.83 bits per heavy atom. The Bertz CT molecular complexity index is 487. The highest BCUT2D eigenvalue weighted by Gasteiger charge is 2.20. The normalized spacial score (nSPS) is 14.6. The molecule has 0 unspecified atom stereocenters. The number of ether oxygens (including phenoxy) is 2. The Morgan fingerprint density at radius 2 is 2.09 bits per heavy atom. The van der Waals surface area contributed by atoms with Gasteiger partial charge in [-0.15, -0.1) is 0 Å². The van der Waals surface area contributed by atoms with Crippen molar-refractivity contribution in [2.24, 2.45) is 10.9 Å². The second kappa shape index (κ2) is 10.1. The van der Waals surface area contributed by atoms with Crippen LogP contribution in [0.5, 0.6) is 5.75 Å². The Morgan fingerprint density at radius 1 is 1.26 bits per heavy atom. The molecule has 0 radical (unpaired) electrons. The van der Waals surface area contributed by atoms with Gasteiger partial charge in [0, 0.05) is 33.4 Å². The lowest BCUT2D eigenvalue weighted by atomic mass is 10.1. The van der Waals surface area contributed by atoms with Crippen LogP contribution in [0.1, 0.15) is 24.8 Å². The van der Waals surface area contributed by atoms with Gasteiger partial charge < -0.3 is 20.1 Å². The minimum Gasteiger partial charge on any atom is -0.497 e. The summed E-state index contributed by atoms with van der Waals surface area (Å²) in [6, 6.07) is 8.15. The molecule has 128 valence electrons. The van der Waals surface area contributed by atoms with Crippen LogP contribution >= 0.6 is 0 Å². The van der Waals surface area contributed by atoms with E-state index in [1.165, 1.54) is 18.4 Å². The first-order valence-electron chi connectivity index (χ1n) is 8.47. The van der Waals surface area contributed by atoms with Crippen LogP contribution in [0.15, 0.2) is 29.3 Å². The fraction of sp³-hybridized carbons (Fsp3) is 0.611. The van der Waals surface area contributed by atoms with E-state index in [0.29, 0.717) is 0 Å². The molecule has 1 aromatic rings. The molecule has 0 atom stereocenters. The zero-order valence-corrected chi connectivity index (χ0v) is 14.3. The summed E-state index contributed by atoms with van der Waals surface area (Å²) in [6.07, 6.45) is 4.63. The maximum absolute atomic E-state index is 5.62.